The van der Waals surface area contributed by atoms with Crippen molar-refractivity contribution in [2.75, 3.05) is 7.11 Å². The molecule has 152 valence electrons. The first-order valence-electron chi connectivity index (χ1n) is 9.81. The van der Waals surface area contributed by atoms with Crippen molar-refractivity contribution in [3.8, 4) is 10.6 Å². The van der Waals surface area contributed by atoms with Crippen molar-refractivity contribution in [2.45, 2.75) is 9.79 Å². The monoisotopic (exact) mass is 443 g/mol. The summed E-state index contributed by atoms with van der Waals surface area (Å²) in [7, 11) is -0.329. The van der Waals surface area contributed by atoms with E-state index in [1.165, 1.54) is 0 Å². The van der Waals surface area contributed by atoms with E-state index < -0.39 is 21.3 Å². The van der Waals surface area contributed by atoms with Gasteiger partial charge in [0, 0.05) is 21.4 Å². The van der Waals surface area contributed by atoms with Crippen molar-refractivity contribution < 1.29 is 8.95 Å². The number of rotatable bonds is 4. The third kappa shape index (κ3) is 3.36. The van der Waals surface area contributed by atoms with E-state index in [0.717, 1.165) is 24.1 Å². The quantitative estimate of drug-likeness (QED) is 0.243. The maximum atomic E-state index is 13.6. The summed E-state index contributed by atoms with van der Waals surface area (Å²) in [5, 5.41) is 1.40. The lowest BCUT2D eigenvalue weighted by molar-refractivity contribution is 0.415. The average molecular weight is 444 g/mol. The molecule has 0 radical (unpaired) electrons. The van der Waals surface area contributed by atoms with Gasteiger partial charge in [0.2, 0.25) is 5.43 Å². The molecular weight excluding hydrogens is 424 g/mol. The first-order chi connectivity index (χ1) is 15.2. The summed E-state index contributed by atoms with van der Waals surface area (Å²) in [6.07, 6.45) is 0. The molecule has 0 N–H and O–H groups in total. The Labute approximate surface area is 185 Å². The lowest BCUT2D eigenvalue weighted by atomic mass is 10.2. The molecule has 5 aromatic rings. The normalized spacial score (nSPS) is 12.2. The summed E-state index contributed by atoms with van der Waals surface area (Å²) in [4.78, 5) is 15.6. The van der Waals surface area contributed by atoms with Gasteiger partial charge in [-0.2, -0.15) is 0 Å². The van der Waals surface area contributed by atoms with Crippen LogP contribution in [0.4, 0.5) is 0 Å². The molecule has 31 heavy (non-hydrogen) atoms. The third-order valence-electron chi connectivity index (χ3n) is 5.23. The van der Waals surface area contributed by atoms with Crippen LogP contribution in [-0.4, -0.2) is 11.3 Å². The van der Waals surface area contributed by atoms with Crippen molar-refractivity contribution in [2.24, 2.45) is 0 Å². The predicted molar refractivity (Wildman–Crippen MR) is 129 cm³/mol. The van der Waals surface area contributed by atoms with Crippen LogP contribution < -0.4 is 10.2 Å². The Morgan fingerprint density at radius 1 is 0.742 bits per heavy atom. The molecule has 1 aromatic heterocycles. The Balaban J connectivity index is 1.92. The van der Waals surface area contributed by atoms with Gasteiger partial charge in [0.05, 0.1) is 28.7 Å². The van der Waals surface area contributed by atoms with E-state index in [-0.39, 0.29) is 5.43 Å². The maximum Gasteiger partial charge on any atom is 0.203 e. The van der Waals surface area contributed by atoms with Gasteiger partial charge in [-0.1, -0.05) is 42.5 Å². The molecule has 3 nitrogen and oxygen atoms in total. The minimum atomic E-state index is -1.37. The minimum absolute atomic E-state index is 0.0311. The Hall–Kier alpha value is -3.28. The van der Waals surface area contributed by atoms with Crippen LogP contribution in [-0.2, 0) is 10.8 Å². The number of ether oxygens (including phenoxy) is 1. The first-order valence-corrected chi connectivity index (χ1v) is 12.2. The summed E-state index contributed by atoms with van der Waals surface area (Å²) in [6.45, 7) is 0. The highest BCUT2D eigenvalue weighted by atomic mass is 32.2. The molecule has 5 heteroatoms. The van der Waals surface area contributed by atoms with Crippen molar-refractivity contribution in [1.82, 2.24) is 0 Å². The number of hydrogen-bond acceptors (Lipinski definition) is 3. The van der Waals surface area contributed by atoms with Gasteiger partial charge in [0.1, 0.15) is 10.6 Å². The van der Waals surface area contributed by atoms with E-state index in [1.54, 1.807) is 7.11 Å². The highest BCUT2D eigenvalue weighted by molar-refractivity contribution is 7.85. The summed E-state index contributed by atoms with van der Waals surface area (Å²) in [6, 6.07) is 30.6. The van der Waals surface area contributed by atoms with Crippen molar-refractivity contribution in [3.63, 3.8) is 0 Å². The molecule has 0 fully saturated rings. The molecule has 0 saturated carbocycles. The molecule has 1 unspecified atom stereocenters. The fourth-order valence-corrected chi connectivity index (χ4v) is 7.74. The predicted octanol–water partition coefficient (Wildman–Crippen LogP) is 6.27. The molecule has 4 aromatic carbocycles. The Bertz CT molecular complexity index is 1440. The largest absolute Gasteiger partial charge is 0.497 e. The molecular formula is C26H19O3S2+. The Morgan fingerprint density at radius 3 is 1.94 bits per heavy atom. The summed E-state index contributed by atoms with van der Waals surface area (Å²) >= 11 is 0. The van der Waals surface area contributed by atoms with Crippen molar-refractivity contribution >= 4 is 41.4 Å². The van der Waals surface area contributed by atoms with Crippen LogP contribution in [0.3, 0.4) is 0 Å². The standard InChI is InChI=1S/C26H19O3S2/c1-29-18-15-16-24(31(28)19-9-3-2-4-10-19)25(17-18)30-22-13-7-5-11-20(22)26(27)21-12-6-8-14-23(21)30/h2-17H,1H3/q+1. The van der Waals surface area contributed by atoms with Crippen LogP contribution in [0, 0.1) is 0 Å². The SMILES string of the molecule is COc1ccc(S(=O)c2ccccc2)c(-[s+]2c3ccccc3c(=O)c3ccccc32)c1. The van der Waals surface area contributed by atoms with Gasteiger partial charge in [0.15, 0.2) is 14.3 Å². The van der Waals surface area contributed by atoms with E-state index in [1.807, 2.05) is 97.1 Å². The lowest BCUT2D eigenvalue weighted by Gasteiger charge is -2.09. The highest BCUT2D eigenvalue weighted by Crippen LogP contribution is 2.47. The van der Waals surface area contributed by atoms with Crippen LogP contribution in [0.5, 0.6) is 5.75 Å². The van der Waals surface area contributed by atoms with Crippen molar-refractivity contribution in [1.29, 1.82) is 0 Å². The highest BCUT2D eigenvalue weighted by Gasteiger charge is 2.28. The second-order valence-electron chi connectivity index (χ2n) is 7.02. The smallest absolute Gasteiger partial charge is 0.203 e. The fourth-order valence-electron chi connectivity index (χ4n) is 3.76. The molecule has 0 aliphatic carbocycles. The van der Waals surface area contributed by atoms with E-state index in [4.69, 9.17) is 4.74 Å². The number of hydrogen-bond donors (Lipinski definition) is 0. The van der Waals surface area contributed by atoms with Crippen LogP contribution in [0.25, 0.3) is 25.1 Å². The number of benzene rings is 4. The Kier molecular flexibility index (Phi) is 5.14. The molecule has 0 aliphatic rings. The zero-order valence-corrected chi connectivity index (χ0v) is 18.4. The van der Waals surface area contributed by atoms with E-state index in [0.29, 0.717) is 16.5 Å². The molecule has 0 spiro atoms. The van der Waals surface area contributed by atoms with Gasteiger partial charge >= 0.3 is 0 Å². The summed E-state index contributed by atoms with van der Waals surface area (Å²) < 4.78 is 21.0. The molecule has 0 aliphatic heterocycles. The zero-order valence-electron chi connectivity index (χ0n) is 16.8. The van der Waals surface area contributed by atoms with E-state index in [9.17, 15) is 9.00 Å². The molecule has 0 amide bonds. The average Bonchev–Trinajstić information content (AvgIpc) is 2.84. The molecule has 1 atom stereocenters. The maximum absolute atomic E-state index is 13.6. The van der Waals surface area contributed by atoms with E-state index in [2.05, 4.69) is 0 Å². The summed E-state index contributed by atoms with van der Waals surface area (Å²) in [5.41, 5.74) is 0.0311. The summed E-state index contributed by atoms with van der Waals surface area (Å²) in [5.74, 6) is 0.697. The van der Waals surface area contributed by atoms with E-state index >= 15 is 0 Å². The molecule has 5 rings (SSSR count). The fraction of sp³-hybridized carbons (Fsp3) is 0.0385. The van der Waals surface area contributed by atoms with Gasteiger partial charge in [-0.05, 0) is 48.5 Å². The number of methoxy groups -OCH3 is 1. The number of fused-ring (bicyclic) bond motifs is 2. The van der Waals surface area contributed by atoms with Crippen LogP contribution >= 0.6 is 10.5 Å². The molecule has 1 heterocycles. The topological polar surface area (TPSA) is 43.4 Å². The second-order valence-corrected chi connectivity index (χ2v) is 10.4. The molecule has 0 saturated heterocycles. The van der Waals surface area contributed by atoms with Crippen LogP contribution in [0.2, 0.25) is 0 Å². The van der Waals surface area contributed by atoms with Gasteiger partial charge in [-0.3, -0.25) is 4.79 Å². The Morgan fingerprint density at radius 2 is 1.32 bits per heavy atom. The molecule has 0 bridgehead atoms. The van der Waals surface area contributed by atoms with Crippen LogP contribution in [0.1, 0.15) is 0 Å². The zero-order chi connectivity index (χ0) is 21.4. The van der Waals surface area contributed by atoms with Gasteiger partial charge in [0.25, 0.3) is 0 Å². The minimum Gasteiger partial charge on any atom is -0.497 e. The van der Waals surface area contributed by atoms with Crippen LogP contribution in [0.15, 0.2) is 112 Å². The van der Waals surface area contributed by atoms with Crippen molar-refractivity contribution in [3.05, 3.63) is 107 Å². The van der Waals surface area contributed by atoms with Gasteiger partial charge in [-0.25, -0.2) is 4.21 Å². The lowest BCUT2D eigenvalue weighted by Crippen LogP contribution is -2.03. The van der Waals surface area contributed by atoms with Gasteiger partial charge < -0.3 is 4.74 Å². The van der Waals surface area contributed by atoms with Gasteiger partial charge in [-0.15, -0.1) is 0 Å². The third-order valence-corrected chi connectivity index (χ3v) is 9.19. The first kappa shape index (κ1) is 19.7. The second kappa shape index (κ2) is 8.10.